The molecule has 0 fully saturated rings. The number of aromatic nitrogens is 3. The van der Waals surface area contributed by atoms with Gasteiger partial charge in [0.1, 0.15) is 5.75 Å². The lowest BCUT2D eigenvalue weighted by atomic mass is 10.1. The molecule has 0 saturated heterocycles. The number of nitrogens with zero attached hydrogens (tertiary/aromatic N) is 5. The van der Waals surface area contributed by atoms with Crippen LogP contribution in [0.2, 0.25) is 0 Å². The molecule has 1 atom stereocenters. The molecule has 3 aromatic heterocycles. The fourth-order valence-electron chi connectivity index (χ4n) is 4.00. The zero-order chi connectivity index (χ0) is 23.1. The Morgan fingerprint density at radius 2 is 2.03 bits per heavy atom. The number of rotatable bonds is 4. The number of hydrogen-bond acceptors (Lipinski definition) is 6. The smallest absolute Gasteiger partial charge is 0.265 e. The third kappa shape index (κ3) is 3.64. The van der Waals surface area contributed by atoms with Crippen molar-refractivity contribution in [3.05, 3.63) is 59.6 Å². The van der Waals surface area contributed by atoms with Crippen LogP contribution in [-0.2, 0) is 11.3 Å². The number of thiophene rings is 1. The van der Waals surface area contributed by atoms with Crippen molar-refractivity contribution in [2.75, 3.05) is 25.5 Å². The van der Waals surface area contributed by atoms with Crippen LogP contribution in [0.25, 0.3) is 21.6 Å². The maximum absolute atomic E-state index is 14.0. The first-order valence-corrected chi connectivity index (χ1v) is 11.5. The minimum Gasteiger partial charge on any atom is -0.476 e. The normalized spacial score (nSPS) is 15.2. The number of aryl methyl sites for hydroxylation is 1. The third-order valence-electron chi connectivity index (χ3n) is 5.65. The van der Waals surface area contributed by atoms with Gasteiger partial charge in [-0.25, -0.2) is 9.67 Å². The Hall–Kier alpha value is -3.72. The zero-order valence-electron chi connectivity index (χ0n) is 18.6. The second-order valence-electron chi connectivity index (χ2n) is 7.95. The summed E-state index contributed by atoms with van der Waals surface area (Å²) in [5, 5.41) is 7.10. The van der Waals surface area contributed by atoms with E-state index in [0.717, 1.165) is 10.6 Å². The molecule has 0 N–H and O–H groups in total. The number of amides is 2. The fraction of sp³-hybridized carbons (Fsp3) is 0.250. The second kappa shape index (κ2) is 8.32. The number of benzene rings is 1. The van der Waals surface area contributed by atoms with Gasteiger partial charge in [-0.05, 0) is 36.6 Å². The number of para-hydroxylation sites is 2. The van der Waals surface area contributed by atoms with E-state index in [1.54, 1.807) is 47.3 Å². The third-order valence-corrected chi connectivity index (χ3v) is 6.54. The molecule has 0 radical (unpaired) electrons. The lowest BCUT2D eigenvalue weighted by Crippen LogP contribution is -2.50. The van der Waals surface area contributed by atoms with Crippen LogP contribution in [0.3, 0.4) is 0 Å². The molecule has 1 aliphatic heterocycles. The van der Waals surface area contributed by atoms with Crippen molar-refractivity contribution in [3.63, 3.8) is 0 Å². The molecule has 4 aromatic rings. The Balaban J connectivity index is 1.65. The van der Waals surface area contributed by atoms with Gasteiger partial charge in [-0.1, -0.05) is 18.2 Å². The van der Waals surface area contributed by atoms with Gasteiger partial charge < -0.3 is 14.5 Å². The molecular weight excluding hydrogens is 438 g/mol. The molecule has 5 rings (SSSR count). The highest BCUT2D eigenvalue weighted by Gasteiger charge is 2.35. The van der Waals surface area contributed by atoms with Crippen molar-refractivity contribution in [2.24, 2.45) is 0 Å². The number of carbonyl (C=O) groups excluding carboxylic acids is 2. The number of pyridine rings is 1. The molecule has 2 amide bonds. The van der Waals surface area contributed by atoms with Crippen molar-refractivity contribution < 1.29 is 14.3 Å². The summed E-state index contributed by atoms with van der Waals surface area (Å²) in [6.07, 6.45) is 0.901. The molecule has 9 heteroatoms. The first kappa shape index (κ1) is 21.1. The predicted molar refractivity (Wildman–Crippen MR) is 128 cm³/mol. The van der Waals surface area contributed by atoms with Gasteiger partial charge >= 0.3 is 0 Å². The lowest BCUT2D eigenvalue weighted by Gasteiger charge is -2.35. The summed E-state index contributed by atoms with van der Waals surface area (Å²) >= 11 is 1.57. The van der Waals surface area contributed by atoms with Gasteiger partial charge in [0.05, 0.1) is 39.9 Å². The zero-order valence-corrected chi connectivity index (χ0v) is 19.4. The molecule has 4 heterocycles. The molecule has 0 bridgehead atoms. The summed E-state index contributed by atoms with van der Waals surface area (Å²) in [6, 6.07) is 13.0. The Bertz CT molecular complexity index is 1350. The first-order valence-electron chi connectivity index (χ1n) is 10.7. The molecule has 8 nitrogen and oxygen atoms in total. The van der Waals surface area contributed by atoms with E-state index in [0.29, 0.717) is 34.6 Å². The lowest BCUT2D eigenvalue weighted by molar-refractivity contribution is -0.135. The Labute approximate surface area is 195 Å². The average molecular weight is 462 g/mol. The summed E-state index contributed by atoms with van der Waals surface area (Å²) in [6.45, 7) is 2.74. The van der Waals surface area contributed by atoms with Crippen LogP contribution in [0.5, 0.6) is 5.75 Å². The van der Waals surface area contributed by atoms with E-state index in [4.69, 9.17) is 9.72 Å². The van der Waals surface area contributed by atoms with Gasteiger partial charge in [0.15, 0.2) is 11.8 Å². The Morgan fingerprint density at radius 1 is 1.21 bits per heavy atom. The second-order valence-corrected chi connectivity index (χ2v) is 8.90. The van der Waals surface area contributed by atoms with Crippen LogP contribution in [0.1, 0.15) is 17.3 Å². The van der Waals surface area contributed by atoms with Crippen molar-refractivity contribution in [1.82, 2.24) is 19.7 Å². The number of fused-ring (bicyclic) bond motifs is 2. The maximum atomic E-state index is 14.0. The molecule has 0 spiro atoms. The van der Waals surface area contributed by atoms with E-state index in [1.807, 2.05) is 48.7 Å². The van der Waals surface area contributed by atoms with E-state index in [-0.39, 0.29) is 18.4 Å². The van der Waals surface area contributed by atoms with Crippen molar-refractivity contribution >= 4 is 39.9 Å². The van der Waals surface area contributed by atoms with E-state index < -0.39 is 6.10 Å². The van der Waals surface area contributed by atoms with Gasteiger partial charge in [0, 0.05) is 20.6 Å². The van der Waals surface area contributed by atoms with E-state index in [1.165, 1.54) is 4.90 Å². The SMILES string of the molecule is CCn1ncc2c(C(=O)N3C[C@@H](C(=O)N(C)C)Oc4ccccc43)cc(-c3cccs3)nc21. The van der Waals surface area contributed by atoms with Gasteiger partial charge in [0.2, 0.25) is 0 Å². The van der Waals surface area contributed by atoms with Crippen LogP contribution >= 0.6 is 11.3 Å². The number of likely N-dealkylation sites (N-methyl/N-ethyl adjacent to an activating group) is 1. The largest absolute Gasteiger partial charge is 0.476 e. The molecule has 1 aromatic carbocycles. The molecule has 0 saturated carbocycles. The standard InChI is InChI=1S/C24H23N5O3S/c1-4-29-22-16(13-25-29)15(12-17(26-22)21-10-7-11-33-21)23(30)28-14-20(24(31)27(2)3)32-19-9-6-5-8-18(19)28/h5-13,20H,4,14H2,1-3H3/t20-/m0/s1. The molecule has 0 unspecified atom stereocenters. The molecule has 1 aliphatic rings. The Morgan fingerprint density at radius 3 is 2.76 bits per heavy atom. The molecule has 168 valence electrons. The number of carbonyl (C=O) groups is 2. The first-order chi connectivity index (χ1) is 16.0. The molecule has 33 heavy (non-hydrogen) atoms. The van der Waals surface area contributed by atoms with Gasteiger partial charge in [-0.3, -0.25) is 9.59 Å². The molecule has 0 aliphatic carbocycles. The summed E-state index contributed by atoms with van der Waals surface area (Å²) in [5.74, 6) is 0.0914. The van der Waals surface area contributed by atoms with Crippen LogP contribution in [0.15, 0.2) is 54.0 Å². The van der Waals surface area contributed by atoms with Crippen molar-refractivity contribution in [1.29, 1.82) is 0 Å². The minimum atomic E-state index is -0.786. The van der Waals surface area contributed by atoms with Crippen LogP contribution in [0, 0.1) is 0 Å². The highest BCUT2D eigenvalue weighted by Crippen LogP contribution is 2.36. The van der Waals surface area contributed by atoms with E-state index in [9.17, 15) is 9.59 Å². The number of hydrogen-bond donors (Lipinski definition) is 0. The Kier molecular flexibility index (Phi) is 5.33. The number of anilines is 1. The quantitative estimate of drug-likeness (QED) is 0.463. The summed E-state index contributed by atoms with van der Waals surface area (Å²) in [7, 11) is 3.36. The van der Waals surface area contributed by atoms with Gasteiger partial charge in [-0.15, -0.1) is 11.3 Å². The van der Waals surface area contributed by atoms with E-state index >= 15 is 0 Å². The highest BCUT2D eigenvalue weighted by atomic mass is 32.1. The maximum Gasteiger partial charge on any atom is 0.265 e. The van der Waals surface area contributed by atoms with Crippen molar-refractivity contribution in [3.8, 4) is 16.3 Å². The van der Waals surface area contributed by atoms with Crippen LogP contribution in [0.4, 0.5) is 5.69 Å². The van der Waals surface area contributed by atoms with Crippen molar-refractivity contribution in [2.45, 2.75) is 19.6 Å². The topological polar surface area (TPSA) is 80.6 Å². The minimum absolute atomic E-state index is 0.118. The summed E-state index contributed by atoms with van der Waals surface area (Å²) in [5.41, 5.74) is 2.51. The van der Waals surface area contributed by atoms with E-state index in [2.05, 4.69) is 5.10 Å². The number of ether oxygens (including phenoxy) is 1. The summed E-state index contributed by atoms with van der Waals surface area (Å²) < 4.78 is 7.74. The van der Waals surface area contributed by atoms with Gasteiger partial charge in [-0.2, -0.15) is 5.10 Å². The van der Waals surface area contributed by atoms with Crippen LogP contribution < -0.4 is 9.64 Å². The molecular formula is C24H23N5O3S. The summed E-state index contributed by atoms with van der Waals surface area (Å²) in [4.78, 5) is 35.6. The predicted octanol–water partition coefficient (Wildman–Crippen LogP) is 3.68. The van der Waals surface area contributed by atoms with Crippen LogP contribution in [-0.4, -0.2) is 58.2 Å². The highest BCUT2D eigenvalue weighted by molar-refractivity contribution is 7.13. The monoisotopic (exact) mass is 461 g/mol. The fourth-order valence-corrected chi connectivity index (χ4v) is 4.68. The van der Waals surface area contributed by atoms with Gasteiger partial charge in [0.25, 0.3) is 11.8 Å². The average Bonchev–Trinajstić information content (AvgIpc) is 3.51.